The van der Waals surface area contributed by atoms with Gasteiger partial charge in [0.15, 0.2) is 6.61 Å². The first-order chi connectivity index (χ1) is 13.0. The molecule has 5 nitrogen and oxygen atoms in total. The molecule has 1 aliphatic rings. The number of ether oxygens (including phenoxy) is 1. The van der Waals surface area contributed by atoms with Gasteiger partial charge in [0.1, 0.15) is 5.75 Å². The summed E-state index contributed by atoms with van der Waals surface area (Å²) in [7, 11) is 0. The highest BCUT2D eigenvalue weighted by Crippen LogP contribution is 2.18. The lowest BCUT2D eigenvalue weighted by molar-refractivity contribution is -0.123. The third-order valence-corrected chi connectivity index (χ3v) is 4.86. The highest BCUT2D eigenvalue weighted by molar-refractivity contribution is 6.30. The number of amides is 2. The molecule has 6 heteroatoms. The van der Waals surface area contributed by atoms with Crippen LogP contribution in [0.3, 0.4) is 0 Å². The van der Waals surface area contributed by atoms with E-state index in [-0.39, 0.29) is 24.5 Å². The summed E-state index contributed by atoms with van der Waals surface area (Å²) in [4.78, 5) is 26.3. The average molecular weight is 387 g/mol. The predicted octanol–water partition coefficient (Wildman–Crippen LogP) is 3.83. The van der Waals surface area contributed by atoms with Crippen LogP contribution in [-0.2, 0) is 4.79 Å². The molecule has 1 heterocycles. The summed E-state index contributed by atoms with van der Waals surface area (Å²) in [6.07, 6.45) is 2.13. The Kier molecular flexibility index (Phi) is 6.35. The third kappa shape index (κ3) is 5.23. The molecule has 0 bridgehead atoms. The fourth-order valence-corrected chi connectivity index (χ4v) is 3.19. The van der Waals surface area contributed by atoms with E-state index in [9.17, 15) is 9.59 Å². The number of likely N-dealkylation sites (tertiary alicyclic amines) is 1. The van der Waals surface area contributed by atoms with Crippen molar-refractivity contribution in [1.29, 1.82) is 0 Å². The first-order valence-electron chi connectivity index (χ1n) is 9.10. The second-order valence-electron chi connectivity index (χ2n) is 6.65. The van der Waals surface area contributed by atoms with Crippen molar-refractivity contribution in [3.8, 4) is 5.75 Å². The van der Waals surface area contributed by atoms with E-state index >= 15 is 0 Å². The molecule has 3 rings (SSSR count). The van der Waals surface area contributed by atoms with E-state index in [4.69, 9.17) is 16.3 Å². The van der Waals surface area contributed by atoms with Crippen molar-refractivity contribution in [2.45, 2.75) is 25.8 Å². The molecule has 0 aliphatic carbocycles. The predicted molar refractivity (Wildman–Crippen MR) is 105 cm³/mol. The number of benzene rings is 2. The van der Waals surface area contributed by atoms with Crippen molar-refractivity contribution in [3.05, 3.63) is 64.7 Å². The first kappa shape index (κ1) is 19.2. The van der Waals surface area contributed by atoms with Gasteiger partial charge in [-0.1, -0.05) is 23.7 Å². The summed E-state index contributed by atoms with van der Waals surface area (Å²) in [5, 5.41) is 3.54. The van der Waals surface area contributed by atoms with Crippen LogP contribution in [-0.4, -0.2) is 36.4 Å². The largest absolute Gasteiger partial charge is 0.484 e. The minimum absolute atomic E-state index is 0.0496. The Morgan fingerprint density at radius 2 is 1.70 bits per heavy atom. The Balaban J connectivity index is 1.48. The second kappa shape index (κ2) is 8.91. The molecule has 1 aliphatic heterocycles. The summed E-state index contributed by atoms with van der Waals surface area (Å²) in [6.45, 7) is 3.46. The summed E-state index contributed by atoms with van der Waals surface area (Å²) in [6, 6.07) is 14.1. The lowest BCUT2D eigenvalue weighted by atomic mass is 10.1. The van der Waals surface area contributed by atoms with Crippen molar-refractivity contribution in [1.82, 2.24) is 10.2 Å². The molecule has 2 aromatic rings. The minimum atomic E-state index is -0.213. The van der Waals surface area contributed by atoms with Gasteiger partial charge < -0.3 is 15.0 Å². The molecule has 2 aromatic carbocycles. The zero-order valence-corrected chi connectivity index (χ0v) is 16.0. The molecule has 142 valence electrons. The van der Waals surface area contributed by atoms with Gasteiger partial charge >= 0.3 is 0 Å². The molecule has 0 saturated carbocycles. The van der Waals surface area contributed by atoms with Gasteiger partial charge in [-0.2, -0.15) is 0 Å². The summed E-state index contributed by atoms with van der Waals surface area (Å²) >= 11 is 5.88. The lowest BCUT2D eigenvalue weighted by Gasteiger charge is -2.16. The Labute approximate surface area is 164 Å². The fourth-order valence-electron chi connectivity index (χ4n) is 3.06. The summed E-state index contributed by atoms with van der Waals surface area (Å²) < 4.78 is 5.53. The Morgan fingerprint density at radius 1 is 1.07 bits per heavy atom. The minimum Gasteiger partial charge on any atom is -0.484 e. The number of nitrogens with zero attached hydrogens (tertiary/aromatic N) is 1. The summed E-state index contributed by atoms with van der Waals surface area (Å²) in [5.41, 5.74) is 1.61. The number of hydrogen-bond acceptors (Lipinski definition) is 3. The molecule has 1 N–H and O–H groups in total. The molecule has 0 aromatic heterocycles. The smallest absolute Gasteiger partial charge is 0.258 e. The molecular weight excluding hydrogens is 364 g/mol. The maximum Gasteiger partial charge on any atom is 0.258 e. The number of hydrogen-bond donors (Lipinski definition) is 1. The highest BCUT2D eigenvalue weighted by atomic mass is 35.5. The van der Waals surface area contributed by atoms with Gasteiger partial charge in [0.05, 0.1) is 6.04 Å². The van der Waals surface area contributed by atoms with Gasteiger partial charge in [-0.25, -0.2) is 0 Å². The van der Waals surface area contributed by atoms with Crippen LogP contribution in [0.1, 0.15) is 41.7 Å². The van der Waals surface area contributed by atoms with Gasteiger partial charge in [0.25, 0.3) is 11.8 Å². The zero-order valence-electron chi connectivity index (χ0n) is 15.3. The number of carbonyl (C=O) groups is 2. The van der Waals surface area contributed by atoms with Crippen LogP contribution < -0.4 is 10.1 Å². The van der Waals surface area contributed by atoms with Gasteiger partial charge in [-0.05, 0) is 61.7 Å². The van der Waals surface area contributed by atoms with Crippen LogP contribution in [0.15, 0.2) is 48.5 Å². The summed E-state index contributed by atoms with van der Waals surface area (Å²) in [5.74, 6) is 0.394. The Morgan fingerprint density at radius 3 is 2.33 bits per heavy atom. The highest BCUT2D eigenvalue weighted by Gasteiger charge is 2.19. The van der Waals surface area contributed by atoms with Crippen molar-refractivity contribution in [3.63, 3.8) is 0 Å². The number of rotatable bonds is 6. The van der Waals surface area contributed by atoms with Crippen LogP contribution >= 0.6 is 11.6 Å². The van der Waals surface area contributed by atoms with Gasteiger partial charge in [0, 0.05) is 23.7 Å². The molecule has 2 amide bonds. The quantitative estimate of drug-likeness (QED) is 0.820. The van der Waals surface area contributed by atoms with Gasteiger partial charge in [-0.3, -0.25) is 9.59 Å². The van der Waals surface area contributed by atoms with E-state index in [1.165, 1.54) is 0 Å². The lowest BCUT2D eigenvalue weighted by Crippen LogP contribution is -2.31. The van der Waals surface area contributed by atoms with E-state index in [2.05, 4.69) is 5.32 Å². The Bertz CT molecular complexity index is 784. The van der Waals surface area contributed by atoms with Crippen LogP contribution in [0.25, 0.3) is 0 Å². The SMILES string of the molecule is CC(NC(=O)COc1ccc(C(=O)N2CCCC2)cc1)c1ccc(Cl)cc1. The van der Waals surface area contributed by atoms with E-state index in [0.717, 1.165) is 31.5 Å². The van der Waals surface area contributed by atoms with E-state index in [1.807, 2.05) is 24.0 Å². The molecular formula is C21H23ClN2O3. The second-order valence-corrected chi connectivity index (χ2v) is 7.09. The first-order valence-corrected chi connectivity index (χ1v) is 9.48. The van der Waals surface area contributed by atoms with Crippen molar-refractivity contribution < 1.29 is 14.3 Å². The van der Waals surface area contributed by atoms with Gasteiger partial charge in [0.2, 0.25) is 0 Å². The number of carbonyl (C=O) groups excluding carboxylic acids is 2. The van der Waals surface area contributed by atoms with Crippen molar-refractivity contribution >= 4 is 23.4 Å². The number of nitrogens with one attached hydrogen (secondary N) is 1. The van der Waals surface area contributed by atoms with Crippen molar-refractivity contribution in [2.24, 2.45) is 0 Å². The van der Waals surface area contributed by atoms with Crippen LogP contribution in [0, 0.1) is 0 Å². The average Bonchev–Trinajstić information content (AvgIpc) is 3.21. The Hall–Kier alpha value is -2.53. The maximum absolute atomic E-state index is 12.3. The molecule has 1 unspecified atom stereocenters. The molecule has 0 spiro atoms. The third-order valence-electron chi connectivity index (χ3n) is 4.61. The van der Waals surface area contributed by atoms with Crippen LogP contribution in [0.4, 0.5) is 0 Å². The zero-order chi connectivity index (χ0) is 19.2. The van der Waals surface area contributed by atoms with Crippen LogP contribution in [0.5, 0.6) is 5.75 Å². The molecule has 27 heavy (non-hydrogen) atoms. The standard InChI is InChI=1S/C21H23ClN2O3/c1-15(16-4-8-18(22)9-5-16)23-20(25)14-27-19-10-6-17(7-11-19)21(26)24-12-2-3-13-24/h4-11,15H,2-3,12-14H2,1H3,(H,23,25). The fraction of sp³-hybridized carbons (Fsp3) is 0.333. The molecule has 1 saturated heterocycles. The molecule has 1 atom stereocenters. The van der Waals surface area contributed by atoms with E-state index in [1.54, 1.807) is 36.4 Å². The molecule has 1 fully saturated rings. The number of halogens is 1. The normalized spacial score (nSPS) is 14.7. The monoisotopic (exact) mass is 386 g/mol. The van der Waals surface area contributed by atoms with E-state index in [0.29, 0.717) is 16.3 Å². The van der Waals surface area contributed by atoms with Crippen LogP contribution in [0.2, 0.25) is 5.02 Å². The maximum atomic E-state index is 12.3. The topological polar surface area (TPSA) is 58.6 Å². The van der Waals surface area contributed by atoms with Gasteiger partial charge in [-0.15, -0.1) is 0 Å². The molecule has 0 radical (unpaired) electrons. The van der Waals surface area contributed by atoms with E-state index < -0.39 is 0 Å². The van der Waals surface area contributed by atoms with Crippen molar-refractivity contribution in [2.75, 3.05) is 19.7 Å².